The Morgan fingerprint density at radius 3 is 2.64 bits per heavy atom. The monoisotopic (exact) mass is 425 g/mol. The summed E-state index contributed by atoms with van der Waals surface area (Å²) in [6, 6.07) is 3.44. The van der Waals surface area contributed by atoms with E-state index in [0.717, 1.165) is 10.6 Å². The summed E-state index contributed by atoms with van der Waals surface area (Å²) in [5.41, 5.74) is 1.37. The normalized spacial score (nSPS) is 22.4. The second-order valence-electron chi connectivity index (χ2n) is 7.09. The molecule has 0 N–H and O–H groups in total. The fourth-order valence-electron chi connectivity index (χ4n) is 3.94. The Kier molecular flexibility index (Phi) is 5.05. The Hall–Kier alpha value is -1.78. The standard InChI is InChI=1S/C18H23N3O5S2/c1-3-26-18(23)19-6-8-20(9-7-19)28(24,25)15-5-4-14-17-13(15)10-16(22)21(17)11-12(2)27-14/h4-5,12H,3,6-11H2,1-2H3/t12-/m1/s1. The number of hydrogen-bond donors (Lipinski definition) is 0. The number of piperazine rings is 1. The van der Waals surface area contributed by atoms with Crippen molar-refractivity contribution >= 4 is 39.5 Å². The van der Waals surface area contributed by atoms with E-state index >= 15 is 0 Å². The molecule has 0 bridgehead atoms. The molecule has 0 radical (unpaired) electrons. The van der Waals surface area contributed by atoms with Gasteiger partial charge in [-0.2, -0.15) is 4.31 Å². The van der Waals surface area contributed by atoms with Crippen molar-refractivity contribution in [3.63, 3.8) is 0 Å². The minimum atomic E-state index is -3.74. The lowest BCUT2D eigenvalue weighted by Gasteiger charge is -2.34. The van der Waals surface area contributed by atoms with Crippen LogP contribution in [0.25, 0.3) is 0 Å². The van der Waals surface area contributed by atoms with Crippen LogP contribution in [0.15, 0.2) is 21.9 Å². The van der Waals surface area contributed by atoms with Gasteiger partial charge in [0.05, 0.1) is 23.6 Å². The summed E-state index contributed by atoms with van der Waals surface area (Å²) in [6.45, 7) is 5.69. The van der Waals surface area contributed by atoms with Crippen molar-refractivity contribution in [2.75, 3.05) is 44.2 Å². The molecular formula is C18H23N3O5S2. The summed E-state index contributed by atoms with van der Waals surface area (Å²) in [7, 11) is -3.74. The average molecular weight is 426 g/mol. The lowest BCUT2D eigenvalue weighted by Crippen LogP contribution is -2.50. The summed E-state index contributed by atoms with van der Waals surface area (Å²) in [4.78, 5) is 28.7. The minimum Gasteiger partial charge on any atom is -0.450 e. The maximum absolute atomic E-state index is 13.3. The van der Waals surface area contributed by atoms with Gasteiger partial charge in [-0.3, -0.25) is 4.79 Å². The molecule has 3 aliphatic heterocycles. The van der Waals surface area contributed by atoms with E-state index in [1.807, 2.05) is 6.07 Å². The fraction of sp³-hybridized carbons (Fsp3) is 0.556. The van der Waals surface area contributed by atoms with Gasteiger partial charge in [-0.25, -0.2) is 13.2 Å². The number of amides is 2. The van der Waals surface area contributed by atoms with Gasteiger partial charge in [0.2, 0.25) is 15.9 Å². The van der Waals surface area contributed by atoms with Crippen LogP contribution < -0.4 is 4.90 Å². The molecule has 0 unspecified atom stereocenters. The zero-order chi connectivity index (χ0) is 20.1. The molecule has 1 saturated heterocycles. The molecule has 8 nitrogen and oxygen atoms in total. The number of benzene rings is 1. The smallest absolute Gasteiger partial charge is 0.409 e. The van der Waals surface area contributed by atoms with E-state index in [-0.39, 0.29) is 55.3 Å². The number of ether oxygens (including phenoxy) is 1. The third-order valence-corrected chi connectivity index (χ3v) is 8.37. The van der Waals surface area contributed by atoms with Gasteiger partial charge in [-0.05, 0) is 19.1 Å². The Labute approximate surface area is 168 Å². The highest BCUT2D eigenvalue weighted by Crippen LogP contribution is 2.46. The largest absolute Gasteiger partial charge is 0.450 e. The average Bonchev–Trinajstić information content (AvgIpc) is 2.99. The van der Waals surface area contributed by atoms with Gasteiger partial charge >= 0.3 is 6.09 Å². The predicted octanol–water partition coefficient (Wildman–Crippen LogP) is 1.53. The molecule has 1 aromatic carbocycles. The maximum atomic E-state index is 13.3. The van der Waals surface area contributed by atoms with Crippen molar-refractivity contribution in [3.05, 3.63) is 17.7 Å². The Morgan fingerprint density at radius 1 is 1.25 bits per heavy atom. The van der Waals surface area contributed by atoms with Crippen LogP contribution in [0, 0.1) is 0 Å². The van der Waals surface area contributed by atoms with E-state index in [4.69, 9.17) is 4.74 Å². The van der Waals surface area contributed by atoms with Crippen LogP contribution in [-0.2, 0) is 26.0 Å². The van der Waals surface area contributed by atoms with Gasteiger partial charge < -0.3 is 14.5 Å². The quantitative estimate of drug-likeness (QED) is 0.730. The molecule has 1 fully saturated rings. The summed E-state index contributed by atoms with van der Waals surface area (Å²) in [5, 5.41) is 0.279. The molecule has 28 heavy (non-hydrogen) atoms. The molecular weight excluding hydrogens is 402 g/mol. The van der Waals surface area contributed by atoms with E-state index in [2.05, 4.69) is 6.92 Å². The van der Waals surface area contributed by atoms with Gasteiger partial charge in [-0.15, -0.1) is 11.8 Å². The molecule has 2 amide bonds. The number of hydrogen-bond acceptors (Lipinski definition) is 6. The molecule has 0 saturated carbocycles. The van der Waals surface area contributed by atoms with Crippen LogP contribution in [0.3, 0.4) is 0 Å². The number of thioether (sulfide) groups is 1. The third-order valence-electron chi connectivity index (χ3n) is 5.25. The first-order valence-electron chi connectivity index (χ1n) is 9.37. The molecule has 1 atom stereocenters. The summed E-state index contributed by atoms with van der Waals surface area (Å²) in [6.07, 6.45) is -0.298. The first kappa shape index (κ1) is 19.5. The molecule has 0 aromatic heterocycles. The van der Waals surface area contributed by atoms with Crippen molar-refractivity contribution in [2.24, 2.45) is 0 Å². The van der Waals surface area contributed by atoms with Crippen molar-refractivity contribution in [1.29, 1.82) is 0 Å². The predicted molar refractivity (Wildman–Crippen MR) is 105 cm³/mol. The van der Waals surface area contributed by atoms with Gasteiger partial charge in [0.25, 0.3) is 0 Å². The van der Waals surface area contributed by atoms with Crippen molar-refractivity contribution < 1.29 is 22.7 Å². The number of rotatable bonds is 3. The van der Waals surface area contributed by atoms with Crippen LogP contribution >= 0.6 is 11.8 Å². The van der Waals surface area contributed by atoms with Crippen molar-refractivity contribution in [3.8, 4) is 0 Å². The SMILES string of the molecule is CCOC(=O)N1CCN(S(=O)(=O)c2ccc3c4c2CC(=O)N4C[C@@H](C)S3)CC1. The molecule has 152 valence electrons. The van der Waals surface area contributed by atoms with Crippen molar-refractivity contribution in [2.45, 2.75) is 35.3 Å². The summed E-state index contributed by atoms with van der Waals surface area (Å²) < 4.78 is 33.0. The van der Waals surface area contributed by atoms with Crippen LogP contribution in [-0.4, -0.2) is 74.2 Å². The number of carbonyl (C=O) groups is 2. The van der Waals surface area contributed by atoms with Crippen LogP contribution in [0.4, 0.5) is 10.5 Å². The first-order valence-corrected chi connectivity index (χ1v) is 11.7. The first-order chi connectivity index (χ1) is 13.3. The van der Waals surface area contributed by atoms with E-state index in [1.165, 1.54) is 9.21 Å². The highest BCUT2D eigenvalue weighted by molar-refractivity contribution is 8.00. The molecule has 0 aliphatic carbocycles. The molecule has 0 spiro atoms. The van der Waals surface area contributed by atoms with Crippen LogP contribution in [0.5, 0.6) is 0 Å². The molecule has 1 aromatic rings. The molecule has 3 heterocycles. The lowest BCUT2D eigenvalue weighted by molar-refractivity contribution is -0.117. The Bertz CT molecular complexity index is 925. The molecule has 4 rings (SSSR count). The molecule has 10 heteroatoms. The van der Waals surface area contributed by atoms with Gasteiger partial charge in [0.1, 0.15) is 0 Å². The van der Waals surface area contributed by atoms with Crippen LogP contribution in [0.2, 0.25) is 0 Å². The topological polar surface area (TPSA) is 87.2 Å². The van der Waals surface area contributed by atoms with E-state index in [0.29, 0.717) is 12.1 Å². The Balaban J connectivity index is 1.61. The van der Waals surface area contributed by atoms with E-state index in [9.17, 15) is 18.0 Å². The van der Waals surface area contributed by atoms with Crippen LogP contribution in [0.1, 0.15) is 19.4 Å². The highest BCUT2D eigenvalue weighted by atomic mass is 32.2. The van der Waals surface area contributed by atoms with E-state index < -0.39 is 16.1 Å². The third kappa shape index (κ3) is 3.17. The minimum absolute atomic E-state index is 0.0434. The van der Waals surface area contributed by atoms with Gasteiger partial charge in [0.15, 0.2) is 0 Å². The second kappa shape index (κ2) is 7.23. The summed E-state index contributed by atoms with van der Waals surface area (Å²) in [5.74, 6) is -0.0434. The van der Waals surface area contributed by atoms with Gasteiger partial charge in [0, 0.05) is 48.4 Å². The number of sulfonamides is 1. The molecule has 3 aliphatic rings. The zero-order valence-corrected chi connectivity index (χ0v) is 17.5. The number of nitrogens with zero attached hydrogens (tertiary/aromatic N) is 3. The Morgan fingerprint density at radius 2 is 1.96 bits per heavy atom. The highest BCUT2D eigenvalue weighted by Gasteiger charge is 2.40. The van der Waals surface area contributed by atoms with E-state index in [1.54, 1.807) is 29.7 Å². The lowest BCUT2D eigenvalue weighted by atomic mass is 10.1. The van der Waals surface area contributed by atoms with Crippen molar-refractivity contribution in [1.82, 2.24) is 9.21 Å². The fourth-order valence-corrected chi connectivity index (χ4v) is 6.73. The second-order valence-corrected chi connectivity index (χ2v) is 10.5. The van der Waals surface area contributed by atoms with Gasteiger partial charge in [-0.1, -0.05) is 6.92 Å². The number of carbonyl (C=O) groups excluding carboxylic acids is 2. The summed E-state index contributed by atoms with van der Waals surface area (Å²) >= 11 is 1.67. The maximum Gasteiger partial charge on any atom is 0.409 e. The number of anilines is 1. The zero-order valence-electron chi connectivity index (χ0n) is 15.9.